The first-order chi connectivity index (χ1) is 22.1. The second-order valence-corrected chi connectivity index (χ2v) is 15.4. The van der Waals surface area contributed by atoms with E-state index in [0.29, 0.717) is 0 Å². The van der Waals surface area contributed by atoms with Gasteiger partial charge in [-0.1, -0.05) is 142 Å². The van der Waals surface area contributed by atoms with Gasteiger partial charge in [0.05, 0.1) is 15.8 Å². The van der Waals surface area contributed by atoms with Crippen LogP contribution in [0.25, 0.3) is 0 Å². The third-order valence-corrected chi connectivity index (χ3v) is 10.8. The van der Waals surface area contributed by atoms with Gasteiger partial charge in [0.15, 0.2) is 14.7 Å². The minimum atomic E-state index is -4.42. The predicted molar refractivity (Wildman–Crippen MR) is 188 cm³/mol. The van der Waals surface area contributed by atoms with Crippen LogP contribution in [0.3, 0.4) is 0 Å². The molecule has 0 aliphatic heterocycles. The molecule has 46 heavy (non-hydrogen) atoms. The Hall–Kier alpha value is -4.42. The summed E-state index contributed by atoms with van der Waals surface area (Å²) in [5.74, 6) is -0.0131. The molecule has 232 valence electrons. The van der Waals surface area contributed by atoms with Crippen molar-refractivity contribution < 1.29 is 13.0 Å². The molecule has 0 saturated carbocycles. The van der Waals surface area contributed by atoms with Gasteiger partial charge in [-0.2, -0.15) is 0 Å². The van der Waals surface area contributed by atoms with Crippen molar-refractivity contribution >= 4 is 21.0 Å². The van der Waals surface area contributed by atoms with Crippen molar-refractivity contribution in [2.24, 2.45) is 0 Å². The summed E-state index contributed by atoms with van der Waals surface area (Å²) < 4.78 is 33.3. The number of rotatable bonds is 7. The van der Waals surface area contributed by atoms with Crippen LogP contribution in [0.4, 0.5) is 0 Å². The lowest BCUT2D eigenvalue weighted by Crippen LogP contribution is -2.11. The third-order valence-electron chi connectivity index (χ3n) is 7.68. The van der Waals surface area contributed by atoms with Crippen molar-refractivity contribution in [3.8, 4) is 0 Å². The van der Waals surface area contributed by atoms with Crippen LogP contribution in [0, 0.1) is 0 Å². The second-order valence-electron chi connectivity index (χ2n) is 12.0. The van der Waals surface area contributed by atoms with Crippen molar-refractivity contribution in [3.05, 3.63) is 192 Å². The maximum Gasteiger partial charge on any atom is 0.166 e. The van der Waals surface area contributed by atoms with E-state index in [1.807, 2.05) is 60.7 Å². The zero-order valence-electron chi connectivity index (χ0n) is 26.3. The number of benzene rings is 6. The van der Waals surface area contributed by atoms with E-state index in [1.54, 1.807) is 12.1 Å². The van der Waals surface area contributed by atoms with E-state index in [1.165, 1.54) is 32.4 Å². The second kappa shape index (κ2) is 14.8. The Labute approximate surface area is 276 Å². The fourth-order valence-corrected chi connectivity index (χ4v) is 7.86. The molecule has 0 N–H and O–H groups in total. The molecule has 0 fully saturated rings. The first-order valence-corrected chi connectivity index (χ1v) is 17.9. The van der Waals surface area contributed by atoms with Crippen LogP contribution >= 0.6 is 0 Å². The quantitative estimate of drug-likeness (QED) is 0.0990. The van der Waals surface area contributed by atoms with Crippen molar-refractivity contribution in [2.45, 2.75) is 51.7 Å². The fraction of sp³-hybridized carbons (Fsp3) is 0.122. The fourth-order valence-electron chi connectivity index (χ4n) is 5.31. The Morgan fingerprint density at radius 2 is 0.826 bits per heavy atom. The Morgan fingerprint density at radius 1 is 0.478 bits per heavy atom. The zero-order valence-corrected chi connectivity index (χ0v) is 27.9. The van der Waals surface area contributed by atoms with Crippen molar-refractivity contribution in [1.82, 2.24) is 0 Å². The van der Waals surface area contributed by atoms with Gasteiger partial charge in [-0.3, -0.25) is 0 Å². The highest BCUT2D eigenvalue weighted by atomic mass is 32.2. The molecular formula is C41H38O3S2. The summed E-state index contributed by atoms with van der Waals surface area (Å²) in [7, 11) is -4.47. The molecule has 0 spiro atoms. The lowest BCUT2D eigenvalue weighted by molar-refractivity contribution is 0.463. The summed E-state index contributed by atoms with van der Waals surface area (Å²) in [6.45, 7) is 6.78. The molecule has 0 unspecified atom stereocenters. The highest BCUT2D eigenvalue weighted by Gasteiger charge is 2.28. The lowest BCUT2D eigenvalue weighted by Gasteiger charge is -2.19. The highest BCUT2D eigenvalue weighted by molar-refractivity contribution is 7.97. The van der Waals surface area contributed by atoms with Gasteiger partial charge in [0.25, 0.3) is 0 Å². The van der Waals surface area contributed by atoms with Gasteiger partial charge in [0, 0.05) is 5.92 Å². The standard InChI is InChI=1S/C22H23S.C19H16O3S/c1-22(2,3)18-14-16-21(17-15-18)23(19-10-6-4-7-11-19)20-12-8-5-9-13-20;20-23(21,22)18-13-11-17(12-14-18)19(15-7-3-1-4-8-15)16-9-5-2-6-10-16/h4-17H,1-3H3;1-14,19H,(H,20,21,22)/q+1;/p-1. The van der Waals surface area contributed by atoms with Gasteiger partial charge in [0.2, 0.25) is 0 Å². The molecule has 5 heteroatoms. The molecular weight excluding hydrogens is 605 g/mol. The molecule has 0 heterocycles. The van der Waals surface area contributed by atoms with Gasteiger partial charge in [-0.15, -0.1) is 0 Å². The molecule has 0 aromatic heterocycles. The van der Waals surface area contributed by atoms with E-state index < -0.39 is 10.1 Å². The Bertz CT molecular complexity index is 1820. The lowest BCUT2D eigenvalue weighted by atomic mass is 9.85. The van der Waals surface area contributed by atoms with E-state index in [9.17, 15) is 13.0 Å². The summed E-state index contributed by atoms with van der Waals surface area (Å²) in [6.07, 6.45) is 0. The van der Waals surface area contributed by atoms with Crippen LogP contribution in [0.2, 0.25) is 0 Å². The number of hydrogen-bond donors (Lipinski definition) is 0. The van der Waals surface area contributed by atoms with Gasteiger partial charge >= 0.3 is 0 Å². The average Bonchev–Trinajstić information content (AvgIpc) is 3.07. The SMILES string of the molecule is CC(C)(C)c1ccc([S+](c2ccccc2)c2ccccc2)cc1.O=S(=O)([O-])c1ccc(C(c2ccccc2)c2ccccc2)cc1. The molecule has 0 radical (unpaired) electrons. The highest BCUT2D eigenvalue weighted by Crippen LogP contribution is 2.34. The van der Waals surface area contributed by atoms with Crippen molar-refractivity contribution in [3.63, 3.8) is 0 Å². The van der Waals surface area contributed by atoms with Crippen LogP contribution in [-0.4, -0.2) is 13.0 Å². The molecule has 0 aliphatic carbocycles. The van der Waals surface area contributed by atoms with E-state index in [2.05, 4.69) is 106 Å². The Kier molecular flexibility index (Phi) is 10.6. The molecule has 0 atom stereocenters. The maximum atomic E-state index is 11.1. The van der Waals surface area contributed by atoms with Crippen LogP contribution in [-0.2, 0) is 26.4 Å². The van der Waals surface area contributed by atoms with Gasteiger partial charge in [-0.25, -0.2) is 8.42 Å². The van der Waals surface area contributed by atoms with E-state index in [4.69, 9.17) is 0 Å². The minimum absolute atomic E-state index is 0.0131. The zero-order chi connectivity index (χ0) is 32.6. The molecule has 3 nitrogen and oxygen atoms in total. The molecule has 0 saturated heterocycles. The molecule has 6 aromatic rings. The van der Waals surface area contributed by atoms with Crippen LogP contribution < -0.4 is 0 Å². The summed E-state index contributed by atoms with van der Waals surface area (Å²) in [5, 5.41) is 0. The topological polar surface area (TPSA) is 57.2 Å². The number of hydrogen-bond acceptors (Lipinski definition) is 3. The summed E-state index contributed by atoms with van der Waals surface area (Å²) in [5.41, 5.74) is 4.73. The normalized spacial score (nSPS) is 11.6. The smallest absolute Gasteiger partial charge is 0.166 e. The Morgan fingerprint density at radius 3 is 1.20 bits per heavy atom. The van der Waals surface area contributed by atoms with E-state index in [-0.39, 0.29) is 27.1 Å². The van der Waals surface area contributed by atoms with Gasteiger partial charge < -0.3 is 4.55 Å². The first kappa shape index (κ1) is 33.0. The summed E-state index contributed by atoms with van der Waals surface area (Å²) in [4.78, 5) is 3.89. The third kappa shape index (κ3) is 8.43. The van der Waals surface area contributed by atoms with Crippen molar-refractivity contribution in [2.75, 3.05) is 0 Å². The van der Waals surface area contributed by atoms with Gasteiger partial charge in [0.1, 0.15) is 10.1 Å². The maximum absolute atomic E-state index is 11.1. The predicted octanol–water partition coefficient (Wildman–Crippen LogP) is 9.85. The molecule has 0 bridgehead atoms. The minimum Gasteiger partial charge on any atom is -0.744 e. The Balaban J connectivity index is 0.000000181. The first-order valence-electron chi connectivity index (χ1n) is 15.2. The van der Waals surface area contributed by atoms with Crippen molar-refractivity contribution in [1.29, 1.82) is 0 Å². The van der Waals surface area contributed by atoms with Crippen LogP contribution in [0.15, 0.2) is 189 Å². The van der Waals surface area contributed by atoms with Gasteiger partial charge in [-0.05, 0) is 76.2 Å². The summed E-state index contributed by atoms with van der Waals surface area (Å²) >= 11 is 0. The molecule has 6 aromatic carbocycles. The average molecular weight is 643 g/mol. The molecule has 6 rings (SSSR count). The van der Waals surface area contributed by atoms with E-state index >= 15 is 0 Å². The largest absolute Gasteiger partial charge is 0.744 e. The molecule has 0 aliphatic rings. The van der Waals surface area contributed by atoms with Crippen LogP contribution in [0.1, 0.15) is 48.9 Å². The molecule has 0 amide bonds. The summed E-state index contributed by atoms with van der Waals surface area (Å²) in [6, 6.07) is 56.9. The van der Waals surface area contributed by atoms with E-state index in [0.717, 1.165) is 16.7 Å². The van der Waals surface area contributed by atoms with Crippen LogP contribution in [0.5, 0.6) is 0 Å². The monoisotopic (exact) mass is 642 g/mol.